The quantitative estimate of drug-likeness (QED) is 0.192. The van der Waals surface area contributed by atoms with Gasteiger partial charge in [0.05, 0.1) is 0 Å². The molecule has 5 aromatic rings. The van der Waals surface area contributed by atoms with E-state index in [0.717, 1.165) is 80.6 Å². The number of pyridine rings is 1. The molecule has 3 aromatic heterocycles. The number of H-pyrrole nitrogens is 2. The number of hydrogen-bond acceptors (Lipinski definition) is 4. The van der Waals surface area contributed by atoms with Crippen molar-refractivity contribution >= 4 is 27.9 Å². The SMILES string of the molecule is O=C(O)CCCCCN1CCN(Cc2ccc(-c3cnc4[nH]cc(-c5ccc6[nH]ccc6c5)c4c3)cc2)CC1. The number of nitrogens with one attached hydrogen (secondary N) is 2. The number of nitrogens with zero attached hydrogens (tertiary/aromatic N) is 3. The summed E-state index contributed by atoms with van der Waals surface area (Å²) in [5, 5.41) is 11.1. The highest BCUT2D eigenvalue weighted by Gasteiger charge is 2.17. The Kier molecular flexibility index (Phi) is 7.43. The molecule has 3 N–H and O–H groups in total. The Balaban J connectivity index is 1.07. The van der Waals surface area contributed by atoms with Gasteiger partial charge in [0.15, 0.2) is 0 Å². The van der Waals surface area contributed by atoms with Gasteiger partial charge in [0.25, 0.3) is 0 Å². The van der Waals surface area contributed by atoms with Crippen molar-refractivity contribution in [2.24, 2.45) is 0 Å². The largest absolute Gasteiger partial charge is 0.481 e. The number of carboxylic acids is 1. The minimum Gasteiger partial charge on any atom is -0.481 e. The lowest BCUT2D eigenvalue weighted by atomic mass is 10.0. The van der Waals surface area contributed by atoms with Crippen molar-refractivity contribution in [1.82, 2.24) is 24.8 Å². The predicted molar refractivity (Wildman–Crippen MR) is 157 cm³/mol. The first-order chi connectivity index (χ1) is 19.1. The second-order valence-electron chi connectivity index (χ2n) is 10.6. The number of aromatic amines is 2. The molecule has 7 nitrogen and oxygen atoms in total. The fourth-order valence-corrected chi connectivity index (χ4v) is 5.64. The van der Waals surface area contributed by atoms with Gasteiger partial charge in [-0.1, -0.05) is 36.8 Å². The van der Waals surface area contributed by atoms with Crippen molar-refractivity contribution in [2.75, 3.05) is 32.7 Å². The molecule has 0 amide bonds. The third-order valence-corrected chi connectivity index (χ3v) is 7.92. The molecule has 4 heterocycles. The van der Waals surface area contributed by atoms with Crippen LogP contribution in [0.1, 0.15) is 31.2 Å². The lowest BCUT2D eigenvalue weighted by molar-refractivity contribution is -0.137. The van der Waals surface area contributed by atoms with E-state index in [1.165, 1.54) is 27.6 Å². The van der Waals surface area contributed by atoms with E-state index in [9.17, 15) is 4.79 Å². The standard InChI is InChI=1S/C32H35N5O2/c38-31(39)4-2-1-3-13-36-14-16-37(17-15-36)22-23-5-7-24(8-6-23)27-19-28-29(21-35-32(28)34-20-27)25-9-10-30-26(18-25)11-12-33-30/h5-12,18-21,33H,1-4,13-17,22H2,(H,34,35)(H,38,39). The molecule has 0 unspecified atom stereocenters. The first kappa shape index (κ1) is 25.3. The second-order valence-corrected chi connectivity index (χ2v) is 10.6. The molecule has 0 spiro atoms. The van der Waals surface area contributed by atoms with Crippen LogP contribution < -0.4 is 0 Å². The normalized spacial score (nSPS) is 14.9. The second kappa shape index (κ2) is 11.4. The van der Waals surface area contributed by atoms with Crippen molar-refractivity contribution in [3.05, 3.63) is 78.8 Å². The molecule has 0 atom stereocenters. The summed E-state index contributed by atoms with van der Waals surface area (Å²) in [5.41, 5.74) is 8.02. The van der Waals surface area contributed by atoms with Crippen LogP contribution in [0.5, 0.6) is 0 Å². The van der Waals surface area contributed by atoms with Gasteiger partial charge < -0.3 is 20.0 Å². The zero-order valence-electron chi connectivity index (χ0n) is 22.2. The van der Waals surface area contributed by atoms with Crippen molar-refractivity contribution in [2.45, 2.75) is 32.2 Å². The van der Waals surface area contributed by atoms with Gasteiger partial charge in [-0.25, -0.2) is 4.98 Å². The zero-order chi connectivity index (χ0) is 26.6. The Morgan fingerprint density at radius 3 is 2.46 bits per heavy atom. The summed E-state index contributed by atoms with van der Waals surface area (Å²) in [6, 6.07) is 19.8. The maximum Gasteiger partial charge on any atom is 0.303 e. The highest BCUT2D eigenvalue weighted by atomic mass is 16.4. The number of unbranched alkanes of at least 4 members (excludes halogenated alkanes) is 2. The maximum absolute atomic E-state index is 10.6. The average molecular weight is 522 g/mol. The van der Waals surface area contributed by atoms with Gasteiger partial charge in [0, 0.05) is 79.8 Å². The summed E-state index contributed by atoms with van der Waals surface area (Å²) in [6.07, 6.45) is 9.13. The van der Waals surface area contributed by atoms with Gasteiger partial charge in [-0.3, -0.25) is 9.69 Å². The number of hydrogen-bond donors (Lipinski definition) is 3. The van der Waals surface area contributed by atoms with Crippen LogP contribution in [0, 0.1) is 0 Å². The van der Waals surface area contributed by atoms with E-state index in [0.29, 0.717) is 0 Å². The van der Waals surface area contributed by atoms with Gasteiger partial charge in [0.1, 0.15) is 5.65 Å². The number of fused-ring (bicyclic) bond motifs is 2. The summed E-state index contributed by atoms with van der Waals surface area (Å²) in [6.45, 7) is 6.35. The van der Waals surface area contributed by atoms with Crippen molar-refractivity contribution in [1.29, 1.82) is 0 Å². The topological polar surface area (TPSA) is 88.2 Å². The van der Waals surface area contributed by atoms with Gasteiger partial charge in [-0.05, 0) is 65.7 Å². The number of piperazine rings is 1. The monoisotopic (exact) mass is 521 g/mol. The number of benzene rings is 2. The lowest BCUT2D eigenvalue weighted by Crippen LogP contribution is -2.46. The van der Waals surface area contributed by atoms with E-state index in [-0.39, 0.29) is 6.42 Å². The van der Waals surface area contributed by atoms with E-state index in [1.54, 1.807) is 0 Å². The lowest BCUT2D eigenvalue weighted by Gasteiger charge is -2.34. The summed E-state index contributed by atoms with van der Waals surface area (Å²) in [7, 11) is 0. The average Bonchev–Trinajstić information content (AvgIpc) is 3.60. The highest BCUT2D eigenvalue weighted by Crippen LogP contribution is 2.32. The molecule has 6 rings (SSSR count). The third kappa shape index (κ3) is 5.90. The molecule has 1 saturated heterocycles. The predicted octanol–water partition coefficient (Wildman–Crippen LogP) is 6.14. The van der Waals surface area contributed by atoms with Crippen molar-refractivity contribution in [3.8, 4) is 22.3 Å². The van der Waals surface area contributed by atoms with E-state index in [4.69, 9.17) is 10.1 Å². The molecule has 7 heteroatoms. The number of carbonyl (C=O) groups is 1. The number of rotatable bonds is 10. The smallest absolute Gasteiger partial charge is 0.303 e. The molecule has 0 bridgehead atoms. The van der Waals surface area contributed by atoms with Gasteiger partial charge in [0.2, 0.25) is 0 Å². The first-order valence-electron chi connectivity index (χ1n) is 13.9. The zero-order valence-corrected chi connectivity index (χ0v) is 22.2. The first-order valence-corrected chi connectivity index (χ1v) is 13.9. The van der Waals surface area contributed by atoms with Crippen LogP contribution in [-0.4, -0.2) is 68.6 Å². The van der Waals surface area contributed by atoms with E-state index in [1.807, 2.05) is 12.4 Å². The van der Waals surface area contributed by atoms with Crippen molar-refractivity contribution in [3.63, 3.8) is 0 Å². The van der Waals surface area contributed by atoms with E-state index in [2.05, 4.69) is 80.6 Å². The molecular weight excluding hydrogens is 486 g/mol. The summed E-state index contributed by atoms with van der Waals surface area (Å²) in [5.74, 6) is -0.689. The van der Waals surface area contributed by atoms with Crippen molar-refractivity contribution < 1.29 is 9.90 Å². The minimum absolute atomic E-state index is 0.288. The Bertz CT molecular complexity index is 1560. The number of carboxylic acid groups (broad SMARTS) is 1. The van der Waals surface area contributed by atoms with Crippen LogP contribution in [0.25, 0.3) is 44.2 Å². The van der Waals surface area contributed by atoms with Gasteiger partial charge in [-0.2, -0.15) is 0 Å². The molecule has 1 fully saturated rings. The van der Waals surface area contributed by atoms with Crippen LogP contribution in [0.2, 0.25) is 0 Å². The Morgan fingerprint density at radius 1 is 0.846 bits per heavy atom. The van der Waals surface area contributed by atoms with E-state index >= 15 is 0 Å². The fraction of sp³-hybridized carbons (Fsp3) is 0.312. The van der Waals surface area contributed by atoms with Crippen LogP contribution in [0.4, 0.5) is 0 Å². The summed E-state index contributed by atoms with van der Waals surface area (Å²) >= 11 is 0. The summed E-state index contributed by atoms with van der Waals surface area (Å²) in [4.78, 5) is 27.0. The molecule has 0 radical (unpaired) electrons. The van der Waals surface area contributed by atoms with Gasteiger partial charge in [-0.15, -0.1) is 0 Å². The maximum atomic E-state index is 10.6. The molecule has 1 aliphatic heterocycles. The number of aromatic nitrogens is 3. The van der Waals surface area contributed by atoms with Gasteiger partial charge >= 0.3 is 5.97 Å². The highest BCUT2D eigenvalue weighted by molar-refractivity contribution is 5.98. The summed E-state index contributed by atoms with van der Waals surface area (Å²) < 4.78 is 0. The molecular formula is C32H35N5O2. The molecule has 39 heavy (non-hydrogen) atoms. The Morgan fingerprint density at radius 2 is 1.64 bits per heavy atom. The molecule has 1 aliphatic rings. The van der Waals surface area contributed by atoms with E-state index < -0.39 is 5.97 Å². The van der Waals surface area contributed by atoms with Crippen LogP contribution in [-0.2, 0) is 11.3 Å². The molecule has 200 valence electrons. The van der Waals surface area contributed by atoms with Crippen LogP contribution >= 0.6 is 0 Å². The third-order valence-electron chi connectivity index (χ3n) is 7.92. The van der Waals surface area contributed by atoms with Crippen LogP contribution in [0.3, 0.4) is 0 Å². The molecule has 2 aromatic carbocycles. The minimum atomic E-state index is -0.689. The Hall–Kier alpha value is -3.94. The molecule has 0 saturated carbocycles. The fourth-order valence-electron chi connectivity index (χ4n) is 5.64. The Labute approximate surface area is 228 Å². The molecule has 0 aliphatic carbocycles. The number of aliphatic carboxylic acids is 1. The van der Waals surface area contributed by atoms with Crippen LogP contribution in [0.15, 0.2) is 73.2 Å².